The smallest absolute Gasteiger partial charge is 0.120 e. The summed E-state index contributed by atoms with van der Waals surface area (Å²) in [5.41, 5.74) is 0. The van der Waals surface area contributed by atoms with Gasteiger partial charge in [-0.3, -0.25) is 4.99 Å². The SMILES string of the molecule is CCN=CCCC=O. The lowest BCUT2D eigenvalue weighted by molar-refractivity contribution is -0.107. The monoisotopic (exact) mass is 113 g/mol. The first-order valence-corrected chi connectivity index (χ1v) is 2.83. The molecule has 0 fully saturated rings. The molecule has 0 amide bonds. The standard InChI is InChI=1S/C6H11NO/c1-2-7-5-3-4-6-8/h5-6H,2-4H2,1H3. The second-order valence-corrected chi connectivity index (χ2v) is 1.43. The van der Waals surface area contributed by atoms with Crippen LogP contribution in [0.2, 0.25) is 0 Å². The maximum absolute atomic E-state index is 9.71. The van der Waals surface area contributed by atoms with Crippen LogP contribution in [0.15, 0.2) is 4.99 Å². The quantitative estimate of drug-likeness (QED) is 0.304. The molecule has 0 aromatic carbocycles. The van der Waals surface area contributed by atoms with Crippen LogP contribution >= 0.6 is 0 Å². The molecule has 0 aromatic heterocycles. The van der Waals surface area contributed by atoms with Crippen molar-refractivity contribution in [2.45, 2.75) is 19.8 Å². The third-order valence-electron chi connectivity index (χ3n) is 0.725. The molecule has 0 saturated carbocycles. The molecule has 0 atom stereocenters. The first-order valence-electron chi connectivity index (χ1n) is 2.83. The maximum Gasteiger partial charge on any atom is 0.120 e. The van der Waals surface area contributed by atoms with Crippen molar-refractivity contribution in [3.63, 3.8) is 0 Å². The van der Waals surface area contributed by atoms with Gasteiger partial charge in [-0.2, -0.15) is 0 Å². The molecule has 0 bridgehead atoms. The lowest BCUT2D eigenvalue weighted by Gasteiger charge is -1.79. The topological polar surface area (TPSA) is 29.4 Å². The molecule has 0 saturated heterocycles. The van der Waals surface area contributed by atoms with E-state index in [0.717, 1.165) is 19.3 Å². The zero-order valence-corrected chi connectivity index (χ0v) is 5.13. The number of carbonyl (C=O) groups excluding carboxylic acids is 1. The molecule has 0 aliphatic rings. The number of hydrogen-bond donors (Lipinski definition) is 0. The van der Waals surface area contributed by atoms with Crippen molar-refractivity contribution in [1.82, 2.24) is 0 Å². The molecule has 0 N–H and O–H groups in total. The summed E-state index contributed by atoms with van der Waals surface area (Å²) in [6.07, 6.45) is 4.08. The van der Waals surface area contributed by atoms with E-state index in [1.165, 1.54) is 0 Å². The molecular formula is C6H11NO. The summed E-state index contributed by atoms with van der Waals surface area (Å²) < 4.78 is 0. The normalized spacial score (nSPS) is 10.1. The van der Waals surface area contributed by atoms with Crippen LogP contribution < -0.4 is 0 Å². The molecule has 46 valence electrons. The van der Waals surface area contributed by atoms with Crippen LogP contribution in [-0.4, -0.2) is 19.0 Å². The maximum atomic E-state index is 9.71. The van der Waals surface area contributed by atoms with Crippen LogP contribution in [-0.2, 0) is 4.79 Å². The van der Waals surface area contributed by atoms with E-state index in [9.17, 15) is 4.79 Å². The van der Waals surface area contributed by atoms with Crippen LogP contribution in [0.3, 0.4) is 0 Å². The van der Waals surface area contributed by atoms with Gasteiger partial charge >= 0.3 is 0 Å². The van der Waals surface area contributed by atoms with Crippen LogP contribution in [0.1, 0.15) is 19.8 Å². The molecule has 0 rings (SSSR count). The lowest BCUT2D eigenvalue weighted by atomic mass is 10.4. The third-order valence-corrected chi connectivity index (χ3v) is 0.725. The molecule has 0 unspecified atom stereocenters. The summed E-state index contributed by atoms with van der Waals surface area (Å²) in [5.74, 6) is 0. The molecule has 0 spiro atoms. The molecule has 0 aromatic rings. The van der Waals surface area contributed by atoms with E-state index in [0.29, 0.717) is 6.42 Å². The average Bonchev–Trinajstić information content (AvgIpc) is 1.81. The van der Waals surface area contributed by atoms with Gasteiger partial charge < -0.3 is 4.79 Å². The highest BCUT2D eigenvalue weighted by Gasteiger charge is 1.75. The molecule has 0 heterocycles. The van der Waals surface area contributed by atoms with E-state index in [1.54, 1.807) is 6.21 Å². The zero-order valence-electron chi connectivity index (χ0n) is 5.13. The predicted molar refractivity (Wildman–Crippen MR) is 34.3 cm³/mol. The summed E-state index contributed by atoms with van der Waals surface area (Å²) in [6, 6.07) is 0. The van der Waals surface area contributed by atoms with Gasteiger partial charge in [0.05, 0.1) is 0 Å². The van der Waals surface area contributed by atoms with E-state index >= 15 is 0 Å². The molecule has 2 heteroatoms. The van der Waals surface area contributed by atoms with Crippen molar-refractivity contribution in [2.75, 3.05) is 6.54 Å². The number of hydrogen-bond acceptors (Lipinski definition) is 2. The third kappa shape index (κ3) is 5.34. The average molecular weight is 113 g/mol. The van der Waals surface area contributed by atoms with Gasteiger partial charge in [0.25, 0.3) is 0 Å². The van der Waals surface area contributed by atoms with Crippen molar-refractivity contribution in [1.29, 1.82) is 0 Å². The van der Waals surface area contributed by atoms with Crippen molar-refractivity contribution >= 4 is 12.5 Å². The van der Waals surface area contributed by atoms with Crippen LogP contribution in [0.4, 0.5) is 0 Å². The second kappa shape index (κ2) is 6.34. The summed E-state index contributed by atoms with van der Waals surface area (Å²) in [7, 11) is 0. The molecule has 2 nitrogen and oxygen atoms in total. The van der Waals surface area contributed by atoms with Crippen LogP contribution in [0.5, 0.6) is 0 Å². The summed E-state index contributed by atoms with van der Waals surface area (Å²) in [6.45, 7) is 2.79. The zero-order chi connectivity index (χ0) is 6.24. The number of carbonyl (C=O) groups is 1. The van der Waals surface area contributed by atoms with Gasteiger partial charge in [0.1, 0.15) is 6.29 Å². The van der Waals surface area contributed by atoms with Gasteiger partial charge in [-0.1, -0.05) is 0 Å². The van der Waals surface area contributed by atoms with E-state index in [4.69, 9.17) is 0 Å². The summed E-state index contributed by atoms with van der Waals surface area (Å²) in [4.78, 5) is 13.6. The Morgan fingerprint density at radius 3 is 2.75 bits per heavy atom. The fraction of sp³-hybridized carbons (Fsp3) is 0.667. The van der Waals surface area contributed by atoms with Crippen LogP contribution in [0, 0.1) is 0 Å². The number of unbranched alkanes of at least 4 members (excludes halogenated alkanes) is 1. The van der Waals surface area contributed by atoms with Gasteiger partial charge in [0.15, 0.2) is 0 Å². The Morgan fingerprint density at radius 1 is 1.50 bits per heavy atom. The highest BCUT2D eigenvalue weighted by Crippen LogP contribution is 1.77. The summed E-state index contributed by atoms with van der Waals surface area (Å²) >= 11 is 0. The van der Waals surface area contributed by atoms with Gasteiger partial charge in [-0.05, 0) is 19.6 Å². The Morgan fingerprint density at radius 2 is 2.25 bits per heavy atom. The fourth-order valence-corrected chi connectivity index (χ4v) is 0.363. The van der Waals surface area contributed by atoms with E-state index < -0.39 is 0 Å². The number of aliphatic imine (C=N–C) groups is 1. The van der Waals surface area contributed by atoms with Crippen molar-refractivity contribution in [3.8, 4) is 0 Å². The minimum atomic E-state index is 0.601. The lowest BCUT2D eigenvalue weighted by Crippen LogP contribution is -1.78. The summed E-state index contributed by atoms with van der Waals surface area (Å²) in [5, 5.41) is 0. The molecule has 0 radical (unpaired) electrons. The largest absolute Gasteiger partial charge is 0.303 e. The van der Waals surface area contributed by atoms with Crippen molar-refractivity contribution in [2.24, 2.45) is 4.99 Å². The Kier molecular flexibility index (Phi) is 5.82. The number of rotatable bonds is 4. The second-order valence-electron chi connectivity index (χ2n) is 1.43. The minimum Gasteiger partial charge on any atom is -0.303 e. The van der Waals surface area contributed by atoms with E-state index in [1.807, 2.05) is 6.92 Å². The predicted octanol–water partition coefficient (Wildman–Crippen LogP) is 1.06. The Balaban J connectivity index is 2.90. The number of nitrogens with zero attached hydrogens (tertiary/aromatic N) is 1. The van der Waals surface area contributed by atoms with Gasteiger partial charge in [0.2, 0.25) is 0 Å². The van der Waals surface area contributed by atoms with Gasteiger partial charge in [-0.25, -0.2) is 0 Å². The Hall–Kier alpha value is -0.660. The highest BCUT2D eigenvalue weighted by molar-refractivity contribution is 5.62. The van der Waals surface area contributed by atoms with E-state index in [2.05, 4.69) is 4.99 Å². The van der Waals surface area contributed by atoms with Crippen LogP contribution in [0.25, 0.3) is 0 Å². The molecule has 0 aliphatic carbocycles. The van der Waals surface area contributed by atoms with Crippen molar-refractivity contribution < 1.29 is 4.79 Å². The fourth-order valence-electron chi connectivity index (χ4n) is 0.363. The molecular weight excluding hydrogens is 102 g/mol. The first kappa shape index (κ1) is 7.34. The van der Waals surface area contributed by atoms with Gasteiger partial charge in [-0.15, -0.1) is 0 Å². The van der Waals surface area contributed by atoms with Gasteiger partial charge in [0, 0.05) is 13.0 Å². The Bertz CT molecular complexity index is 78.6. The van der Waals surface area contributed by atoms with E-state index in [-0.39, 0.29) is 0 Å². The number of aldehydes is 1. The molecule has 8 heavy (non-hydrogen) atoms. The highest BCUT2D eigenvalue weighted by atomic mass is 16.1. The van der Waals surface area contributed by atoms with Crippen molar-refractivity contribution in [3.05, 3.63) is 0 Å². The Labute approximate surface area is 49.6 Å². The first-order chi connectivity index (χ1) is 3.91. The minimum absolute atomic E-state index is 0.601. The molecule has 0 aliphatic heterocycles.